The van der Waals surface area contributed by atoms with Crippen molar-refractivity contribution < 1.29 is 77.3 Å². The lowest BCUT2D eigenvalue weighted by Crippen LogP contribution is -2.62. The molecular weight excluding hydrogens is 1440 g/mol. The second-order valence-electron chi connectivity index (χ2n) is 26.4. The summed E-state index contributed by atoms with van der Waals surface area (Å²) in [5, 5.41) is 57.5. The highest BCUT2D eigenvalue weighted by atomic mass is 32.2. The van der Waals surface area contributed by atoms with Gasteiger partial charge >= 0.3 is 6.09 Å². The zero-order valence-corrected chi connectivity index (χ0v) is 62.8. The number of nitrogens with two attached hydrogens (primary N) is 5. The van der Waals surface area contributed by atoms with E-state index < -0.39 is 170 Å². The van der Waals surface area contributed by atoms with Gasteiger partial charge in [0.25, 0.3) is 5.91 Å². The molecule has 596 valence electrons. The van der Waals surface area contributed by atoms with Crippen molar-refractivity contribution in [2.75, 3.05) is 52.9 Å². The molecule has 3 heterocycles. The molecule has 5 aromatic rings. The molecule has 6 rings (SSSR count). The maximum atomic E-state index is 14.7. The molecule has 12 amide bonds. The summed E-state index contributed by atoms with van der Waals surface area (Å²) in [5.74, 6) is -11.2. The van der Waals surface area contributed by atoms with Crippen LogP contribution in [0.15, 0.2) is 107 Å². The van der Waals surface area contributed by atoms with Crippen molar-refractivity contribution in [1.82, 2.24) is 78.6 Å². The number of nitrogens with one attached hydrogen (secondary N) is 12. The lowest BCUT2D eigenvalue weighted by Gasteiger charge is -2.29. The van der Waals surface area contributed by atoms with Gasteiger partial charge in [0.15, 0.2) is 0 Å². The van der Waals surface area contributed by atoms with Crippen molar-refractivity contribution in [3.05, 3.63) is 120 Å². The number of pyridine rings is 1. The molecule has 1 aliphatic rings. The Morgan fingerprint density at radius 2 is 1.20 bits per heavy atom. The summed E-state index contributed by atoms with van der Waals surface area (Å²) in [4.78, 5) is 189. The summed E-state index contributed by atoms with van der Waals surface area (Å²) in [6.07, 6.45) is -1.76. The van der Waals surface area contributed by atoms with E-state index in [1.807, 2.05) is 0 Å². The SMILES string of the molecule is CNC(=O)c1ccccc1Sc1ccc2c(/C=C/c3ccccn3)n(C(=O)OCCC(=O)N[C@@H](CCN)C(=O)N[C@H](C(=O)N[C@@H](CCN)C(=O)N[C@H]3CCNC(=O)[C@H]([C@@H](C)O)NC(=O)[C@H](CCN)NC(=O)[C@H](CCN)NC(=O)[C@H](CC(C)C)NC(=O)[C@@H](Cc4ccccc4)NC(=O)[C@H](CCN)NC3=O)[C@@H](C)O)nc2c1. The molecule has 0 radical (unpaired) electrons. The minimum absolute atomic E-state index is 0.0178. The van der Waals surface area contributed by atoms with Crippen molar-refractivity contribution in [3.63, 3.8) is 0 Å². The number of fused-ring (bicyclic) bond motifs is 1. The van der Waals surface area contributed by atoms with E-state index in [4.69, 9.17) is 33.4 Å². The highest BCUT2D eigenvalue weighted by Gasteiger charge is 2.38. The van der Waals surface area contributed by atoms with Gasteiger partial charge in [-0.15, -0.1) is 0 Å². The Morgan fingerprint density at radius 3 is 1.79 bits per heavy atom. The smallest absolute Gasteiger partial charge is 0.435 e. The lowest BCUT2D eigenvalue weighted by atomic mass is 10.00. The first-order valence-corrected chi connectivity index (χ1v) is 36.9. The highest BCUT2D eigenvalue weighted by Crippen LogP contribution is 2.34. The number of aliphatic hydroxyl groups is 2. The first kappa shape index (κ1) is 88.1. The number of benzene rings is 3. The van der Waals surface area contributed by atoms with Crippen molar-refractivity contribution in [3.8, 4) is 0 Å². The van der Waals surface area contributed by atoms with Crippen LogP contribution in [0, 0.1) is 5.92 Å². The summed E-state index contributed by atoms with van der Waals surface area (Å²) < 4.78 is 6.57. The second-order valence-corrected chi connectivity index (χ2v) is 27.5. The molecule has 1 fully saturated rings. The van der Waals surface area contributed by atoms with Gasteiger partial charge in [-0.1, -0.05) is 74.1 Å². The molecule has 12 atom stereocenters. The van der Waals surface area contributed by atoms with Crippen LogP contribution in [0.25, 0.3) is 23.1 Å². The topological polar surface area (TPSA) is 577 Å². The van der Waals surface area contributed by atoms with Gasteiger partial charge in [0.05, 0.1) is 41.1 Å². The predicted molar refractivity (Wildman–Crippen MR) is 406 cm³/mol. The number of ether oxygens (including phenoxy) is 1. The minimum atomic E-state index is -1.85. The van der Waals surface area contributed by atoms with E-state index in [1.165, 1.54) is 25.7 Å². The molecule has 24 N–H and O–H groups in total. The van der Waals surface area contributed by atoms with Gasteiger partial charge in [0.2, 0.25) is 65.0 Å². The molecule has 0 saturated carbocycles. The van der Waals surface area contributed by atoms with Crippen LogP contribution in [-0.2, 0) is 63.9 Å². The number of carbonyl (C=O) groups excluding carboxylic acids is 13. The Labute approximate surface area is 640 Å². The van der Waals surface area contributed by atoms with E-state index in [0.717, 1.165) is 11.6 Å². The van der Waals surface area contributed by atoms with Crippen LogP contribution in [0.3, 0.4) is 0 Å². The quantitative estimate of drug-likeness (QED) is 0.0206. The molecule has 37 heteroatoms. The van der Waals surface area contributed by atoms with Gasteiger partial charge in [-0.2, -0.15) is 9.78 Å². The number of hydrogen-bond acceptors (Lipinski definition) is 24. The number of carbonyl (C=O) groups is 13. The van der Waals surface area contributed by atoms with Gasteiger partial charge in [-0.3, -0.25) is 62.5 Å². The highest BCUT2D eigenvalue weighted by molar-refractivity contribution is 7.99. The van der Waals surface area contributed by atoms with Gasteiger partial charge in [0, 0.05) is 41.4 Å². The average Bonchev–Trinajstić information content (AvgIpc) is 1.63. The molecule has 3 aromatic carbocycles. The third kappa shape index (κ3) is 26.8. The first-order chi connectivity index (χ1) is 52.6. The Hall–Kier alpha value is -10.8. The summed E-state index contributed by atoms with van der Waals surface area (Å²) in [5.41, 5.74) is 31.9. The van der Waals surface area contributed by atoms with E-state index >= 15 is 0 Å². The Kier molecular flexibility index (Phi) is 35.7. The minimum Gasteiger partial charge on any atom is -0.447 e. The third-order valence-corrected chi connectivity index (χ3v) is 18.4. The van der Waals surface area contributed by atoms with E-state index in [1.54, 1.807) is 123 Å². The van der Waals surface area contributed by atoms with Crippen LogP contribution in [-0.4, -0.2) is 228 Å². The normalized spacial score (nSPS) is 20.0. The summed E-state index contributed by atoms with van der Waals surface area (Å²) in [7, 11) is 1.53. The van der Waals surface area contributed by atoms with Crippen LogP contribution < -0.4 is 92.5 Å². The first-order valence-electron chi connectivity index (χ1n) is 36.1. The number of rotatable bonds is 31. The molecule has 36 nitrogen and oxygen atoms in total. The fourth-order valence-corrected chi connectivity index (χ4v) is 12.5. The average molecular weight is 1550 g/mol. The summed E-state index contributed by atoms with van der Waals surface area (Å²) in [6.45, 7) is 3.80. The van der Waals surface area contributed by atoms with E-state index in [2.05, 4.69) is 73.9 Å². The molecule has 0 unspecified atom stereocenters. The zero-order chi connectivity index (χ0) is 80.6. The molecule has 0 spiro atoms. The van der Waals surface area contributed by atoms with Crippen molar-refractivity contribution in [1.29, 1.82) is 0 Å². The number of aromatic nitrogens is 3. The Balaban J connectivity index is 1.21. The summed E-state index contributed by atoms with van der Waals surface area (Å²) >= 11 is 1.31. The van der Waals surface area contributed by atoms with Crippen LogP contribution in [0.1, 0.15) is 106 Å². The molecule has 110 heavy (non-hydrogen) atoms. The van der Waals surface area contributed by atoms with E-state index in [-0.39, 0.29) is 89.5 Å². The Morgan fingerprint density at radius 1 is 0.627 bits per heavy atom. The van der Waals surface area contributed by atoms with Crippen molar-refractivity contribution >= 4 is 112 Å². The molecule has 1 saturated heterocycles. The standard InChI is InChI=1S/C73H102N20O16S/c1-40(2)37-55-69(104)85-49(23-30-75)63(98)84-52(26-33-78)68(103)90-60(41(3)94)71(106)81-35-27-53(66(101)83-50(24-31-76)65(100)89-56(70(105)88-55)38-43-13-7-6-8-14-43)86-64(99)51(25-32-77)87-72(107)61(42(4)95)91-67(102)48(22-29-74)82-59(96)28-36-109-73(108)93-57(21-18-44-15-11-12-34-80-44)46-20-19-45(39-54(46)92-93)110-58-17-10-9-16-47(58)62(97)79-5/h6-21,34,39-42,48-53,55-56,60-61,94-95H,22-33,35-38,74-78H2,1-5H3,(H,79,97)(H,81,106)(H,82,96)(H,83,101)(H,84,98)(H,85,104)(H,86,99)(H,87,107)(H,88,105)(H,89,100)(H,90,103)(H,91,102)/b21-18+/t41-,42-,48+,49+,50+,51+,52+,53+,55+,56-,60+,61+/m1/s1. The molecule has 1 aliphatic heterocycles. The zero-order valence-electron chi connectivity index (χ0n) is 62.0. The van der Waals surface area contributed by atoms with Crippen LogP contribution >= 0.6 is 11.8 Å². The van der Waals surface area contributed by atoms with E-state index in [0.29, 0.717) is 43.2 Å². The van der Waals surface area contributed by atoms with Crippen molar-refractivity contribution in [2.45, 2.75) is 168 Å². The number of hydrogen-bond donors (Lipinski definition) is 19. The third-order valence-electron chi connectivity index (χ3n) is 17.3. The predicted octanol–water partition coefficient (Wildman–Crippen LogP) is -3.35. The fourth-order valence-electron chi connectivity index (χ4n) is 11.5. The summed E-state index contributed by atoms with van der Waals surface area (Å²) in [6, 6.07) is 10.5. The number of aliphatic hydroxyl groups excluding tert-OH is 2. The lowest BCUT2D eigenvalue weighted by molar-refractivity contribution is -0.137. The van der Waals surface area contributed by atoms with Crippen LogP contribution in [0.5, 0.6) is 0 Å². The number of amides is 12. The monoisotopic (exact) mass is 1550 g/mol. The van der Waals surface area contributed by atoms with Gasteiger partial charge < -0.3 is 107 Å². The second kappa shape index (κ2) is 44.6. The Bertz CT molecular complexity index is 4020. The van der Waals surface area contributed by atoms with Crippen molar-refractivity contribution in [2.24, 2.45) is 34.6 Å². The van der Waals surface area contributed by atoms with Crippen LogP contribution in [0.2, 0.25) is 0 Å². The molecular formula is C73H102N20O16S. The largest absolute Gasteiger partial charge is 0.447 e. The van der Waals surface area contributed by atoms with Crippen LogP contribution in [0.4, 0.5) is 4.79 Å². The van der Waals surface area contributed by atoms with Gasteiger partial charge in [-0.05, 0) is 158 Å². The fraction of sp³-hybridized carbons (Fsp3) is 0.466. The van der Waals surface area contributed by atoms with Gasteiger partial charge in [-0.25, -0.2) is 4.79 Å². The maximum absolute atomic E-state index is 14.7. The van der Waals surface area contributed by atoms with Gasteiger partial charge in [0.1, 0.15) is 67.0 Å². The van der Waals surface area contributed by atoms with E-state index in [9.17, 15) is 72.5 Å². The molecule has 0 bridgehead atoms. The maximum Gasteiger partial charge on any atom is 0.435 e. The molecule has 2 aromatic heterocycles. The molecule has 0 aliphatic carbocycles. The number of nitrogens with zero attached hydrogens (tertiary/aromatic N) is 3.